The van der Waals surface area contributed by atoms with E-state index in [2.05, 4.69) is 42.5 Å². The average molecular weight is 399 g/mol. The fraction of sp³-hybridized carbons (Fsp3) is 0.520. The van der Waals surface area contributed by atoms with E-state index >= 15 is 0 Å². The summed E-state index contributed by atoms with van der Waals surface area (Å²) in [4.78, 5) is 22.7. The summed E-state index contributed by atoms with van der Waals surface area (Å²) < 4.78 is 5.48. The summed E-state index contributed by atoms with van der Waals surface area (Å²) >= 11 is 0. The zero-order valence-electron chi connectivity index (χ0n) is 17.5. The number of rotatable bonds is 13. The first-order valence-electron chi connectivity index (χ1n) is 10.8. The van der Waals surface area contributed by atoms with E-state index in [1.807, 2.05) is 13.0 Å². The molecule has 0 spiro atoms. The third kappa shape index (κ3) is 8.78. The van der Waals surface area contributed by atoms with Crippen LogP contribution in [-0.2, 0) is 27.4 Å². The number of hydrogen-bond acceptors (Lipinski definition) is 3. The molecule has 1 fully saturated rings. The maximum atomic E-state index is 12.2. The monoisotopic (exact) mass is 398 g/mol. The molecule has 0 heterocycles. The summed E-state index contributed by atoms with van der Waals surface area (Å²) in [5.41, 5.74) is 2.53. The Labute approximate surface area is 174 Å². The summed E-state index contributed by atoms with van der Waals surface area (Å²) in [6.45, 7) is 3.40. The maximum absolute atomic E-state index is 12.2. The first-order valence-corrected chi connectivity index (χ1v) is 10.8. The van der Waals surface area contributed by atoms with E-state index in [1.165, 1.54) is 11.1 Å². The molecule has 1 aromatic rings. The van der Waals surface area contributed by atoms with Crippen LogP contribution in [0.25, 0.3) is 0 Å². The molecule has 1 saturated carbocycles. The molecule has 158 valence electrons. The third-order valence-electron chi connectivity index (χ3n) is 5.42. The van der Waals surface area contributed by atoms with Crippen molar-refractivity contribution < 1.29 is 19.4 Å². The standard InChI is InChI=1S/C25H34O4/c1-2-29-19-21-12-9-11-20(18-21)10-7-8-13-22-16-17-24(26)23(22)14-5-3-4-6-15-25(27)28/h3,5,8-9,11-13,18,22-23H,2,4,6-7,10,14-17,19H2,1H3,(H,27,28)/b5-3-,13-8+/t22?,23-/m1/s1. The Hall–Kier alpha value is -2.20. The lowest BCUT2D eigenvalue weighted by Gasteiger charge is -2.12. The van der Waals surface area contributed by atoms with Crippen LogP contribution in [0.5, 0.6) is 0 Å². The van der Waals surface area contributed by atoms with Gasteiger partial charge in [-0.25, -0.2) is 0 Å². The number of hydrogen-bond donors (Lipinski definition) is 1. The van der Waals surface area contributed by atoms with Crippen molar-refractivity contribution in [3.8, 4) is 0 Å². The van der Waals surface area contributed by atoms with Crippen LogP contribution in [0.1, 0.15) is 63.0 Å². The second-order valence-corrected chi connectivity index (χ2v) is 7.69. The summed E-state index contributed by atoms with van der Waals surface area (Å²) in [5, 5.41) is 8.65. The van der Waals surface area contributed by atoms with Gasteiger partial charge in [-0.1, -0.05) is 48.6 Å². The molecule has 1 aliphatic rings. The van der Waals surface area contributed by atoms with Crippen molar-refractivity contribution in [2.45, 2.75) is 64.9 Å². The summed E-state index contributed by atoms with van der Waals surface area (Å²) in [6, 6.07) is 8.54. The van der Waals surface area contributed by atoms with Crippen molar-refractivity contribution in [2.75, 3.05) is 6.61 Å². The zero-order valence-corrected chi connectivity index (χ0v) is 17.5. The number of carboxylic acid groups (broad SMARTS) is 1. The van der Waals surface area contributed by atoms with E-state index in [4.69, 9.17) is 9.84 Å². The number of carboxylic acids is 1. The number of allylic oxidation sites excluding steroid dienone is 4. The van der Waals surface area contributed by atoms with Crippen LogP contribution in [-0.4, -0.2) is 23.5 Å². The molecular weight excluding hydrogens is 364 g/mol. The maximum Gasteiger partial charge on any atom is 0.303 e. The Kier molecular flexibility index (Phi) is 10.4. The lowest BCUT2D eigenvalue weighted by molar-refractivity contribution is -0.137. The van der Waals surface area contributed by atoms with Crippen LogP contribution in [0.15, 0.2) is 48.6 Å². The Morgan fingerprint density at radius 2 is 2.03 bits per heavy atom. The molecule has 29 heavy (non-hydrogen) atoms. The molecule has 4 nitrogen and oxygen atoms in total. The number of carbonyl (C=O) groups excluding carboxylic acids is 1. The highest BCUT2D eigenvalue weighted by Crippen LogP contribution is 2.33. The number of aliphatic carboxylic acids is 1. The molecule has 4 heteroatoms. The summed E-state index contributed by atoms with van der Waals surface area (Å²) in [7, 11) is 0. The molecule has 0 radical (unpaired) electrons. The van der Waals surface area contributed by atoms with E-state index in [0.29, 0.717) is 31.1 Å². The molecule has 1 unspecified atom stereocenters. The van der Waals surface area contributed by atoms with Crippen LogP contribution >= 0.6 is 0 Å². The number of carbonyl (C=O) groups is 2. The quantitative estimate of drug-likeness (QED) is 0.352. The van der Waals surface area contributed by atoms with Gasteiger partial charge >= 0.3 is 5.97 Å². The molecule has 0 saturated heterocycles. The van der Waals surface area contributed by atoms with Crippen LogP contribution < -0.4 is 0 Å². The van der Waals surface area contributed by atoms with Gasteiger partial charge in [0.25, 0.3) is 0 Å². The van der Waals surface area contributed by atoms with Gasteiger partial charge in [0.1, 0.15) is 5.78 Å². The van der Waals surface area contributed by atoms with Gasteiger partial charge in [0.05, 0.1) is 6.61 Å². The third-order valence-corrected chi connectivity index (χ3v) is 5.42. The highest BCUT2D eigenvalue weighted by atomic mass is 16.5. The van der Waals surface area contributed by atoms with Gasteiger partial charge < -0.3 is 9.84 Å². The number of benzene rings is 1. The smallest absolute Gasteiger partial charge is 0.303 e. The number of ketones is 1. The lowest BCUT2D eigenvalue weighted by atomic mass is 9.91. The first-order chi connectivity index (χ1) is 14.1. The van der Waals surface area contributed by atoms with E-state index in [1.54, 1.807) is 0 Å². The van der Waals surface area contributed by atoms with Gasteiger partial charge in [0.2, 0.25) is 0 Å². The number of Topliss-reactive ketones (excluding diaryl/α,β-unsaturated/α-hetero) is 1. The molecule has 1 N–H and O–H groups in total. The Bertz CT molecular complexity index is 705. The SMILES string of the molecule is CCOCc1cccc(CC/C=C/C2CCC(=O)[C@@H]2C/C=C\CCCC(=O)O)c1. The van der Waals surface area contributed by atoms with Crippen molar-refractivity contribution in [1.29, 1.82) is 0 Å². The minimum absolute atomic E-state index is 0.0801. The largest absolute Gasteiger partial charge is 0.481 e. The van der Waals surface area contributed by atoms with E-state index in [-0.39, 0.29) is 12.3 Å². The zero-order chi connectivity index (χ0) is 20.9. The second-order valence-electron chi connectivity index (χ2n) is 7.69. The summed E-state index contributed by atoms with van der Waals surface area (Å²) in [5.74, 6) is 0.0148. The normalized spacial score (nSPS) is 19.6. The number of unbranched alkanes of at least 4 members (excludes halogenated alkanes) is 1. The molecule has 0 bridgehead atoms. The van der Waals surface area contributed by atoms with Crippen molar-refractivity contribution in [1.82, 2.24) is 0 Å². The molecule has 2 atom stereocenters. The van der Waals surface area contributed by atoms with Crippen molar-refractivity contribution in [3.05, 3.63) is 59.7 Å². The first kappa shape index (κ1) is 23.1. The predicted octanol–water partition coefficient (Wildman–Crippen LogP) is 5.51. The predicted molar refractivity (Wildman–Crippen MR) is 116 cm³/mol. The second kappa shape index (κ2) is 13.1. The lowest BCUT2D eigenvalue weighted by Crippen LogP contribution is -2.12. The topological polar surface area (TPSA) is 63.6 Å². The van der Waals surface area contributed by atoms with Gasteiger partial charge in [-0.2, -0.15) is 0 Å². The van der Waals surface area contributed by atoms with Crippen molar-refractivity contribution >= 4 is 11.8 Å². The van der Waals surface area contributed by atoms with Gasteiger partial charge in [-0.15, -0.1) is 0 Å². The van der Waals surface area contributed by atoms with Crippen molar-refractivity contribution in [3.63, 3.8) is 0 Å². The van der Waals surface area contributed by atoms with Crippen LogP contribution in [0.3, 0.4) is 0 Å². The minimum Gasteiger partial charge on any atom is -0.481 e. The van der Waals surface area contributed by atoms with Crippen LogP contribution in [0.4, 0.5) is 0 Å². The minimum atomic E-state index is -0.754. The van der Waals surface area contributed by atoms with E-state index in [9.17, 15) is 9.59 Å². The van der Waals surface area contributed by atoms with E-state index in [0.717, 1.165) is 38.7 Å². The van der Waals surface area contributed by atoms with Gasteiger partial charge in [-0.05, 0) is 62.5 Å². The molecule has 2 rings (SSSR count). The average Bonchev–Trinajstić information content (AvgIpc) is 3.06. The van der Waals surface area contributed by atoms with Crippen LogP contribution in [0, 0.1) is 11.8 Å². The number of aryl methyl sites for hydroxylation is 1. The fourth-order valence-corrected chi connectivity index (χ4v) is 3.82. The van der Waals surface area contributed by atoms with Gasteiger partial charge in [0.15, 0.2) is 0 Å². The molecule has 0 amide bonds. The summed E-state index contributed by atoms with van der Waals surface area (Å²) in [6.07, 6.45) is 14.5. The molecule has 0 aliphatic heterocycles. The van der Waals surface area contributed by atoms with E-state index < -0.39 is 5.97 Å². The molecule has 1 aromatic carbocycles. The molecule has 0 aromatic heterocycles. The van der Waals surface area contributed by atoms with Crippen LogP contribution in [0.2, 0.25) is 0 Å². The molecular formula is C25H34O4. The fourth-order valence-electron chi connectivity index (χ4n) is 3.82. The Morgan fingerprint density at radius 3 is 2.83 bits per heavy atom. The highest BCUT2D eigenvalue weighted by molar-refractivity contribution is 5.83. The van der Waals surface area contributed by atoms with Gasteiger partial charge in [0, 0.05) is 25.4 Å². The Balaban J connectivity index is 1.76. The van der Waals surface area contributed by atoms with Gasteiger partial charge in [-0.3, -0.25) is 9.59 Å². The Morgan fingerprint density at radius 1 is 1.21 bits per heavy atom. The highest BCUT2D eigenvalue weighted by Gasteiger charge is 2.31. The van der Waals surface area contributed by atoms with Crippen molar-refractivity contribution in [2.24, 2.45) is 11.8 Å². The number of ether oxygens (including phenoxy) is 1. The molecule has 1 aliphatic carbocycles.